The highest BCUT2D eigenvalue weighted by molar-refractivity contribution is 5.90. The summed E-state index contributed by atoms with van der Waals surface area (Å²) in [4.78, 5) is 20.8. The van der Waals surface area contributed by atoms with Crippen LogP contribution in [0.5, 0.6) is 0 Å². The molecule has 19 heteroatoms. The quantitative estimate of drug-likeness (QED) is 0.212. The predicted molar refractivity (Wildman–Crippen MR) is 77.2 cm³/mol. The van der Waals surface area contributed by atoms with Gasteiger partial charge < -0.3 is 9.84 Å². The molecular formula is C15H11F15O4. The second kappa shape index (κ2) is 9.01. The molecule has 0 aromatic rings. The number of ether oxygens (including phenoxy) is 1. The van der Waals surface area contributed by atoms with Crippen LogP contribution in [0.15, 0.2) is 12.2 Å². The number of esters is 1. The highest BCUT2D eigenvalue weighted by Gasteiger charge is 2.94. The topological polar surface area (TPSA) is 63.6 Å². The van der Waals surface area contributed by atoms with Crippen LogP contribution in [-0.2, 0) is 14.3 Å². The molecule has 0 rings (SSSR count). The van der Waals surface area contributed by atoms with Crippen molar-refractivity contribution in [3.63, 3.8) is 0 Å². The Morgan fingerprint density at radius 2 is 1.03 bits per heavy atom. The van der Waals surface area contributed by atoms with Gasteiger partial charge >= 0.3 is 53.6 Å². The fourth-order valence-electron chi connectivity index (χ4n) is 1.94. The zero-order chi connectivity index (χ0) is 27.9. The first-order valence-electron chi connectivity index (χ1n) is 8.09. The first-order valence-corrected chi connectivity index (χ1v) is 8.09. The van der Waals surface area contributed by atoms with E-state index in [1.807, 2.05) is 0 Å². The second-order valence-electron chi connectivity index (χ2n) is 6.75. The fraction of sp³-hybridized carbons (Fsp3) is 0.733. The Morgan fingerprint density at radius 3 is 1.38 bits per heavy atom. The van der Waals surface area contributed by atoms with Crippen LogP contribution in [0.1, 0.15) is 13.8 Å². The molecule has 1 atom stereocenters. The minimum Gasteiger partial charge on any atom is -0.478 e. The summed E-state index contributed by atoms with van der Waals surface area (Å²) in [5.74, 6) is -55.4. The summed E-state index contributed by atoms with van der Waals surface area (Å²) >= 11 is 0. The molecule has 34 heavy (non-hydrogen) atoms. The second-order valence-corrected chi connectivity index (χ2v) is 6.75. The summed E-state index contributed by atoms with van der Waals surface area (Å²) in [6.45, 7) is 0.642. The van der Waals surface area contributed by atoms with Crippen LogP contribution >= 0.6 is 0 Å². The van der Waals surface area contributed by atoms with Crippen molar-refractivity contribution in [2.24, 2.45) is 5.92 Å². The van der Waals surface area contributed by atoms with Crippen LogP contribution in [0.2, 0.25) is 0 Å². The Labute approximate surface area is 178 Å². The van der Waals surface area contributed by atoms with E-state index in [1.165, 1.54) is 0 Å². The standard InChI is InChI=1S/C15H11F15O4/c1-5(2)8(16)9(17,18)10(19,20)11(21,22)12(23,24)13(25,26)14(27,28)15(29,30)34-7(33)4-3-6(31)32/h3-5,8H,1-2H3,(H,31,32)/b4-3+. The van der Waals surface area contributed by atoms with Crippen molar-refractivity contribution < 1.29 is 85.3 Å². The van der Waals surface area contributed by atoms with E-state index in [4.69, 9.17) is 5.11 Å². The average molecular weight is 540 g/mol. The molecule has 0 heterocycles. The number of alkyl halides is 15. The highest BCUT2D eigenvalue weighted by Crippen LogP contribution is 2.63. The number of carboxylic acid groups (broad SMARTS) is 1. The van der Waals surface area contributed by atoms with E-state index < -0.39 is 77.8 Å². The van der Waals surface area contributed by atoms with E-state index >= 15 is 0 Å². The van der Waals surface area contributed by atoms with Crippen molar-refractivity contribution in [3.8, 4) is 0 Å². The normalized spacial score (nSPS) is 16.2. The summed E-state index contributed by atoms with van der Waals surface area (Å²) in [7, 11) is 0. The molecule has 0 aromatic carbocycles. The maximum absolute atomic E-state index is 13.6. The molecule has 0 radical (unpaired) electrons. The Kier molecular flexibility index (Phi) is 8.38. The Morgan fingerprint density at radius 1 is 0.676 bits per heavy atom. The molecule has 0 saturated carbocycles. The van der Waals surface area contributed by atoms with Crippen molar-refractivity contribution in [1.29, 1.82) is 0 Å². The molecule has 0 aliphatic rings. The summed E-state index contributed by atoms with van der Waals surface area (Å²) in [5, 5.41) is 8.07. The Balaban J connectivity index is 6.57. The third-order valence-corrected chi connectivity index (χ3v) is 3.88. The zero-order valence-corrected chi connectivity index (χ0v) is 16.2. The summed E-state index contributed by atoms with van der Waals surface area (Å²) < 4.78 is 205. The van der Waals surface area contributed by atoms with E-state index in [-0.39, 0.29) is 0 Å². The SMILES string of the molecule is CC(C)C(F)C(F)(F)C(F)(F)C(F)(F)C(F)(F)C(F)(F)C(F)(F)C(F)(F)OC(=O)/C=C/C(=O)O. The van der Waals surface area contributed by atoms with Crippen molar-refractivity contribution >= 4 is 11.9 Å². The fourth-order valence-corrected chi connectivity index (χ4v) is 1.94. The largest absolute Gasteiger partial charge is 0.478 e. The minimum atomic E-state index is -8.47. The molecule has 1 N–H and O–H groups in total. The van der Waals surface area contributed by atoms with Gasteiger partial charge in [-0.3, -0.25) is 0 Å². The smallest absolute Gasteiger partial charge is 0.473 e. The molecule has 0 saturated heterocycles. The van der Waals surface area contributed by atoms with E-state index in [0.29, 0.717) is 13.8 Å². The molecule has 4 nitrogen and oxygen atoms in total. The van der Waals surface area contributed by atoms with Gasteiger partial charge in [0.05, 0.1) is 0 Å². The Hall–Kier alpha value is -2.37. The molecule has 0 spiro atoms. The molecule has 0 aliphatic heterocycles. The number of carboxylic acids is 1. The van der Waals surface area contributed by atoms with Crippen molar-refractivity contribution in [2.45, 2.75) is 61.7 Å². The molecule has 200 valence electrons. The summed E-state index contributed by atoms with van der Waals surface area (Å²) in [6.07, 6.45) is -12.8. The Bertz CT molecular complexity index is 804. The van der Waals surface area contributed by atoms with Gasteiger partial charge in [-0.1, -0.05) is 13.8 Å². The lowest BCUT2D eigenvalue weighted by Gasteiger charge is -2.42. The van der Waals surface area contributed by atoms with E-state index in [9.17, 15) is 75.4 Å². The van der Waals surface area contributed by atoms with E-state index in [2.05, 4.69) is 4.74 Å². The number of halogens is 15. The number of hydrogen-bond donors (Lipinski definition) is 1. The molecule has 0 fully saturated rings. The maximum Gasteiger partial charge on any atom is 0.473 e. The number of aliphatic carboxylic acids is 1. The van der Waals surface area contributed by atoms with Crippen LogP contribution in [0.25, 0.3) is 0 Å². The molecule has 0 bridgehead atoms. The average Bonchev–Trinajstić information content (AvgIpc) is 2.64. The monoisotopic (exact) mass is 540 g/mol. The number of carbonyl (C=O) groups excluding carboxylic acids is 1. The third kappa shape index (κ3) is 4.73. The molecule has 1 unspecified atom stereocenters. The lowest BCUT2D eigenvalue weighted by molar-refractivity contribution is -0.462. The van der Waals surface area contributed by atoms with Crippen LogP contribution in [0.4, 0.5) is 65.9 Å². The van der Waals surface area contributed by atoms with Gasteiger partial charge in [-0.25, -0.2) is 14.0 Å². The highest BCUT2D eigenvalue weighted by atomic mass is 19.4. The van der Waals surface area contributed by atoms with Gasteiger partial charge in [0, 0.05) is 12.2 Å². The first kappa shape index (κ1) is 31.6. The van der Waals surface area contributed by atoms with Gasteiger partial charge in [0.15, 0.2) is 6.17 Å². The predicted octanol–water partition coefficient (Wildman–Crippen LogP) is 5.57. The van der Waals surface area contributed by atoms with Gasteiger partial charge in [0.1, 0.15) is 0 Å². The van der Waals surface area contributed by atoms with Crippen LogP contribution in [0.3, 0.4) is 0 Å². The molecule has 0 amide bonds. The van der Waals surface area contributed by atoms with Gasteiger partial charge in [-0.15, -0.1) is 0 Å². The molecule has 0 aliphatic carbocycles. The third-order valence-electron chi connectivity index (χ3n) is 3.88. The minimum absolute atomic E-state index is 0.321. The zero-order valence-electron chi connectivity index (χ0n) is 16.2. The van der Waals surface area contributed by atoms with Crippen molar-refractivity contribution in [3.05, 3.63) is 12.2 Å². The van der Waals surface area contributed by atoms with Crippen LogP contribution < -0.4 is 0 Å². The van der Waals surface area contributed by atoms with Gasteiger partial charge in [0.2, 0.25) is 0 Å². The number of carbonyl (C=O) groups is 2. The van der Waals surface area contributed by atoms with E-state index in [1.54, 1.807) is 0 Å². The van der Waals surface area contributed by atoms with Crippen molar-refractivity contribution in [2.75, 3.05) is 0 Å². The molecular weight excluding hydrogens is 529 g/mol. The number of hydrogen-bond acceptors (Lipinski definition) is 3. The van der Waals surface area contributed by atoms with Crippen LogP contribution in [-0.4, -0.2) is 64.9 Å². The number of rotatable bonds is 11. The van der Waals surface area contributed by atoms with Gasteiger partial charge in [-0.2, -0.15) is 61.5 Å². The maximum atomic E-state index is 13.6. The van der Waals surface area contributed by atoms with Gasteiger partial charge in [-0.05, 0) is 5.92 Å². The lowest BCUT2D eigenvalue weighted by atomic mass is 9.87. The lowest BCUT2D eigenvalue weighted by Crippen LogP contribution is -2.74. The first-order chi connectivity index (χ1) is 14.7. The van der Waals surface area contributed by atoms with Crippen molar-refractivity contribution in [1.82, 2.24) is 0 Å². The van der Waals surface area contributed by atoms with Gasteiger partial charge in [0.25, 0.3) is 0 Å². The molecule has 0 aromatic heterocycles. The van der Waals surface area contributed by atoms with Crippen LogP contribution in [0, 0.1) is 5.92 Å². The summed E-state index contributed by atoms with van der Waals surface area (Å²) in [6, 6.07) is 0. The van der Waals surface area contributed by atoms with E-state index in [0.717, 1.165) is 0 Å². The summed E-state index contributed by atoms with van der Waals surface area (Å²) in [5.41, 5.74) is 0.